The topological polar surface area (TPSA) is 62.8 Å². The number of amides is 1. The van der Waals surface area contributed by atoms with Crippen LogP contribution in [0.5, 0.6) is 5.75 Å². The molecule has 1 aliphatic heterocycles. The molecule has 1 fully saturated rings. The molecular weight excluding hydrogens is 282 g/mol. The van der Waals surface area contributed by atoms with Crippen molar-refractivity contribution in [3.05, 3.63) is 29.8 Å². The molecule has 122 valence electrons. The third kappa shape index (κ3) is 5.63. The van der Waals surface area contributed by atoms with E-state index in [0.717, 1.165) is 31.0 Å². The number of likely N-dealkylation sites (N-methyl/N-ethyl adjacent to an activating group) is 1. The smallest absolute Gasteiger partial charge is 0.234 e. The average molecular weight is 307 g/mol. The van der Waals surface area contributed by atoms with Gasteiger partial charge in [0, 0.05) is 26.2 Å². The fourth-order valence-corrected chi connectivity index (χ4v) is 2.38. The van der Waals surface area contributed by atoms with E-state index in [9.17, 15) is 4.79 Å². The molecule has 6 nitrogen and oxygen atoms in total. The molecule has 0 radical (unpaired) electrons. The first-order valence-electron chi connectivity index (χ1n) is 7.58. The summed E-state index contributed by atoms with van der Waals surface area (Å²) < 4.78 is 10.8. The second kappa shape index (κ2) is 8.73. The SMILES string of the molecule is COc1cccc(CNC(=O)CNCC2CN(C)CCO2)c1. The zero-order valence-electron chi connectivity index (χ0n) is 13.3. The largest absolute Gasteiger partial charge is 0.497 e. The van der Waals surface area contributed by atoms with Crippen molar-refractivity contribution in [1.82, 2.24) is 15.5 Å². The van der Waals surface area contributed by atoms with Crippen LogP contribution in [0.25, 0.3) is 0 Å². The highest BCUT2D eigenvalue weighted by Gasteiger charge is 2.17. The number of hydrogen-bond acceptors (Lipinski definition) is 5. The highest BCUT2D eigenvalue weighted by molar-refractivity contribution is 5.77. The van der Waals surface area contributed by atoms with Crippen molar-refractivity contribution < 1.29 is 14.3 Å². The Bertz CT molecular complexity index is 481. The van der Waals surface area contributed by atoms with E-state index in [1.807, 2.05) is 24.3 Å². The Morgan fingerprint density at radius 1 is 1.50 bits per heavy atom. The van der Waals surface area contributed by atoms with Crippen molar-refractivity contribution in [2.24, 2.45) is 0 Å². The molecule has 1 aliphatic rings. The lowest BCUT2D eigenvalue weighted by atomic mass is 10.2. The summed E-state index contributed by atoms with van der Waals surface area (Å²) in [5.41, 5.74) is 1.02. The Kier molecular flexibility index (Phi) is 6.64. The highest BCUT2D eigenvalue weighted by atomic mass is 16.5. The van der Waals surface area contributed by atoms with Gasteiger partial charge in [0.25, 0.3) is 0 Å². The van der Waals surface area contributed by atoms with Crippen LogP contribution in [0.1, 0.15) is 5.56 Å². The summed E-state index contributed by atoms with van der Waals surface area (Å²) in [4.78, 5) is 14.1. The Hall–Kier alpha value is -1.63. The van der Waals surface area contributed by atoms with Crippen molar-refractivity contribution >= 4 is 5.91 Å². The Morgan fingerprint density at radius 2 is 2.36 bits per heavy atom. The predicted molar refractivity (Wildman–Crippen MR) is 84.9 cm³/mol. The predicted octanol–water partition coefficient (Wildman–Crippen LogP) is 0.232. The van der Waals surface area contributed by atoms with Crippen LogP contribution in [0.4, 0.5) is 0 Å². The minimum atomic E-state index is -0.0213. The molecule has 1 atom stereocenters. The fourth-order valence-electron chi connectivity index (χ4n) is 2.38. The second-order valence-corrected chi connectivity index (χ2v) is 5.51. The van der Waals surface area contributed by atoms with Crippen LogP contribution in [0.3, 0.4) is 0 Å². The van der Waals surface area contributed by atoms with E-state index in [-0.39, 0.29) is 12.0 Å². The van der Waals surface area contributed by atoms with E-state index < -0.39 is 0 Å². The van der Waals surface area contributed by atoms with Crippen LogP contribution >= 0.6 is 0 Å². The first-order chi connectivity index (χ1) is 10.7. The molecule has 1 saturated heterocycles. The molecular formula is C16H25N3O3. The number of nitrogens with one attached hydrogen (secondary N) is 2. The van der Waals surface area contributed by atoms with Crippen LogP contribution in [-0.4, -0.2) is 63.9 Å². The summed E-state index contributed by atoms with van der Waals surface area (Å²) in [7, 11) is 3.71. The number of nitrogens with zero attached hydrogens (tertiary/aromatic N) is 1. The molecule has 0 saturated carbocycles. The first kappa shape index (κ1) is 16.7. The van der Waals surface area contributed by atoms with Crippen molar-refractivity contribution in [3.63, 3.8) is 0 Å². The number of carbonyl (C=O) groups excluding carboxylic acids is 1. The number of methoxy groups -OCH3 is 1. The molecule has 1 unspecified atom stereocenters. The average Bonchev–Trinajstić information content (AvgIpc) is 2.53. The molecule has 2 rings (SSSR count). The summed E-state index contributed by atoms with van der Waals surface area (Å²) in [5.74, 6) is 0.774. The summed E-state index contributed by atoms with van der Waals surface area (Å²) in [5, 5.41) is 6.03. The van der Waals surface area contributed by atoms with Crippen LogP contribution in [0, 0.1) is 0 Å². The van der Waals surface area contributed by atoms with Crippen LogP contribution in [0.15, 0.2) is 24.3 Å². The molecule has 1 heterocycles. The lowest BCUT2D eigenvalue weighted by Gasteiger charge is -2.30. The number of morpholine rings is 1. The molecule has 0 bridgehead atoms. The van der Waals surface area contributed by atoms with E-state index in [4.69, 9.17) is 9.47 Å². The molecule has 1 aromatic rings. The van der Waals surface area contributed by atoms with Gasteiger partial charge in [-0.15, -0.1) is 0 Å². The fraction of sp³-hybridized carbons (Fsp3) is 0.562. The van der Waals surface area contributed by atoms with Crippen LogP contribution < -0.4 is 15.4 Å². The molecule has 22 heavy (non-hydrogen) atoms. The molecule has 0 spiro atoms. The van der Waals surface area contributed by atoms with Crippen molar-refractivity contribution in [2.45, 2.75) is 12.6 Å². The van der Waals surface area contributed by atoms with E-state index in [0.29, 0.717) is 19.6 Å². The maximum atomic E-state index is 11.8. The summed E-state index contributed by atoms with van der Waals surface area (Å²) in [6.45, 7) is 4.12. The van der Waals surface area contributed by atoms with E-state index >= 15 is 0 Å². The highest BCUT2D eigenvalue weighted by Crippen LogP contribution is 2.11. The third-order valence-corrected chi connectivity index (χ3v) is 3.62. The maximum Gasteiger partial charge on any atom is 0.234 e. The van der Waals surface area contributed by atoms with Gasteiger partial charge in [-0.2, -0.15) is 0 Å². The van der Waals surface area contributed by atoms with Gasteiger partial charge in [0.1, 0.15) is 5.75 Å². The molecule has 0 aromatic heterocycles. The van der Waals surface area contributed by atoms with Crippen molar-refractivity contribution in [2.75, 3.05) is 46.9 Å². The van der Waals surface area contributed by atoms with Gasteiger partial charge in [0.2, 0.25) is 5.91 Å². The minimum Gasteiger partial charge on any atom is -0.497 e. The summed E-state index contributed by atoms with van der Waals surface area (Å²) in [6, 6.07) is 7.67. The van der Waals surface area contributed by atoms with Gasteiger partial charge in [-0.05, 0) is 24.7 Å². The van der Waals surface area contributed by atoms with Crippen molar-refractivity contribution in [1.29, 1.82) is 0 Å². The number of carbonyl (C=O) groups is 1. The van der Waals surface area contributed by atoms with Crippen LogP contribution in [-0.2, 0) is 16.1 Å². The minimum absolute atomic E-state index is 0.0213. The van der Waals surface area contributed by atoms with E-state index in [1.54, 1.807) is 7.11 Å². The number of rotatable bonds is 7. The number of benzene rings is 1. The zero-order chi connectivity index (χ0) is 15.8. The Morgan fingerprint density at radius 3 is 3.14 bits per heavy atom. The van der Waals surface area contributed by atoms with Crippen LogP contribution in [0.2, 0.25) is 0 Å². The lowest BCUT2D eigenvalue weighted by molar-refractivity contribution is -0.120. The Labute approximate surface area is 131 Å². The van der Waals surface area contributed by atoms with Gasteiger partial charge in [-0.3, -0.25) is 4.79 Å². The van der Waals surface area contributed by atoms with Gasteiger partial charge < -0.3 is 25.0 Å². The molecule has 1 amide bonds. The van der Waals surface area contributed by atoms with Gasteiger partial charge in [-0.1, -0.05) is 12.1 Å². The van der Waals surface area contributed by atoms with E-state index in [2.05, 4.69) is 22.6 Å². The Balaban J connectivity index is 1.63. The maximum absolute atomic E-state index is 11.8. The molecule has 0 aliphatic carbocycles. The third-order valence-electron chi connectivity index (χ3n) is 3.62. The molecule has 1 aromatic carbocycles. The normalized spacial score (nSPS) is 18.9. The van der Waals surface area contributed by atoms with Gasteiger partial charge in [-0.25, -0.2) is 0 Å². The monoisotopic (exact) mass is 307 g/mol. The lowest BCUT2D eigenvalue weighted by Crippen LogP contribution is -2.46. The van der Waals surface area contributed by atoms with Gasteiger partial charge >= 0.3 is 0 Å². The van der Waals surface area contributed by atoms with Gasteiger partial charge in [0.05, 0.1) is 26.4 Å². The van der Waals surface area contributed by atoms with E-state index in [1.165, 1.54) is 0 Å². The standard InChI is InChI=1S/C16H25N3O3/c1-19-6-7-22-15(12-19)10-17-11-16(20)18-9-13-4-3-5-14(8-13)21-2/h3-5,8,15,17H,6-7,9-12H2,1-2H3,(H,18,20). The summed E-state index contributed by atoms with van der Waals surface area (Å²) >= 11 is 0. The molecule has 2 N–H and O–H groups in total. The quantitative estimate of drug-likeness (QED) is 0.755. The zero-order valence-corrected chi connectivity index (χ0v) is 13.3. The summed E-state index contributed by atoms with van der Waals surface area (Å²) in [6.07, 6.45) is 0.157. The number of ether oxygens (including phenoxy) is 2. The molecule has 6 heteroatoms. The second-order valence-electron chi connectivity index (χ2n) is 5.51. The number of hydrogen-bond donors (Lipinski definition) is 2. The van der Waals surface area contributed by atoms with Gasteiger partial charge in [0.15, 0.2) is 0 Å². The first-order valence-corrected chi connectivity index (χ1v) is 7.58. The van der Waals surface area contributed by atoms with Crippen molar-refractivity contribution in [3.8, 4) is 5.75 Å².